The van der Waals surface area contributed by atoms with Crippen molar-refractivity contribution >= 4 is 11.0 Å². The van der Waals surface area contributed by atoms with Crippen molar-refractivity contribution in [3.05, 3.63) is 58.3 Å². The van der Waals surface area contributed by atoms with Crippen molar-refractivity contribution in [2.75, 3.05) is 26.2 Å². The molecule has 1 saturated heterocycles. The van der Waals surface area contributed by atoms with Gasteiger partial charge in [0.1, 0.15) is 18.5 Å². The van der Waals surface area contributed by atoms with Gasteiger partial charge in [0.2, 0.25) is 0 Å². The summed E-state index contributed by atoms with van der Waals surface area (Å²) in [5.74, 6) is 0.739. The molecule has 1 atom stereocenters. The Morgan fingerprint density at radius 1 is 1.14 bits per heavy atom. The molecule has 0 spiro atoms. The largest absolute Gasteiger partial charge is 0.486 e. The average Bonchev–Trinajstić information content (AvgIpc) is 3.03. The maximum absolute atomic E-state index is 13.3. The lowest BCUT2D eigenvalue weighted by atomic mass is 10.0. The molecule has 1 N–H and O–H groups in total. The van der Waals surface area contributed by atoms with E-state index in [4.69, 9.17) is 9.47 Å². The Hall–Kier alpha value is -2.80. The Kier molecular flexibility index (Phi) is 4.54. The SMILES string of the molecule is Cc1ccc2c(c1)[nH]c(=O)n2C1CCN(CC2COc3cc(F)ccc3O2)CC1. The van der Waals surface area contributed by atoms with E-state index in [2.05, 4.69) is 9.88 Å². The molecular formula is C22H24FN3O3. The lowest BCUT2D eigenvalue weighted by Gasteiger charge is -2.36. The van der Waals surface area contributed by atoms with Crippen molar-refractivity contribution < 1.29 is 13.9 Å². The Morgan fingerprint density at radius 3 is 2.79 bits per heavy atom. The van der Waals surface area contributed by atoms with Gasteiger partial charge in [-0.1, -0.05) is 6.07 Å². The third-order valence-electron chi connectivity index (χ3n) is 5.88. The number of aromatic nitrogens is 2. The van der Waals surface area contributed by atoms with Crippen molar-refractivity contribution in [2.45, 2.75) is 31.9 Å². The fourth-order valence-corrected chi connectivity index (χ4v) is 4.43. The summed E-state index contributed by atoms with van der Waals surface area (Å²) in [4.78, 5) is 17.9. The molecule has 0 bridgehead atoms. The minimum absolute atomic E-state index is 0.0306. The first-order valence-corrected chi connectivity index (χ1v) is 10.1. The fraction of sp³-hybridized carbons (Fsp3) is 0.409. The summed E-state index contributed by atoms with van der Waals surface area (Å²) in [6.45, 7) is 4.99. The van der Waals surface area contributed by atoms with Gasteiger partial charge in [-0.2, -0.15) is 0 Å². The van der Waals surface area contributed by atoms with Crippen LogP contribution in [0.15, 0.2) is 41.2 Å². The maximum atomic E-state index is 13.3. The summed E-state index contributed by atoms with van der Waals surface area (Å²) in [5, 5.41) is 0. The zero-order chi connectivity index (χ0) is 20.0. The molecule has 0 saturated carbocycles. The van der Waals surface area contributed by atoms with Crippen molar-refractivity contribution in [1.29, 1.82) is 0 Å². The predicted molar refractivity (Wildman–Crippen MR) is 108 cm³/mol. The number of piperidine rings is 1. The maximum Gasteiger partial charge on any atom is 0.326 e. The zero-order valence-electron chi connectivity index (χ0n) is 16.4. The van der Waals surface area contributed by atoms with Crippen LogP contribution in [-0.2, 0) is 0 Å². The summed E-state index contributed by atoms with van der Waals surface area (Å²) in [6, 6.07) is 10.7. The normalized spacial score (nSPS) is 20.3. The van der Waals surface area contributed by atoms with E-state index in [9.17, 15) is 9.18 Å². The van der Waals surface area contributed by atoms with Gasteiger partial charge in [-0.3, -0.25) is 9.47 Å². The lowest BCUT2D eigenvalue weighted by molar-refractivity contribution is 0.0482. The molecule has 2 aliphatic heterocycles. The molecule has 152 valence electrons. The van der Waals surface area contributed by atoms with E-state index in [1.165, 1.54) is 12.1 Å². The highest BCUT2D eigenvalue weighted by Crippen LogP contribution is 2.33. The number of likely N-dealkylation sites (tertiary alicyclic amines) is 1. The van der Waals surface area contributed by atoms with Crippen LogP contribution in [0, 0.1) is 12.7 Å². The van der Waals surface area contributed by atoms with Gasteiger partial charge in [-0.25, -0.2) is 9.18 Å². The molecule has 29 heavy (non-hydrogen) atoms. The third kappa shape index (κ3) is 3.51. The van der Waals surface area contributed by atoms with E-state index in [0.29, 0.717) is 18.1 Å². The van der Waals surface area contributed by atoms with Crippen molar-refractivity contribution in [3.8, 4) is 11.5 Å². The molecule has 1 unspecified atom stereocenters. The second-order valence-corrected chi connectivity index (χ2v) is 7.99. The highest BCUT2D eigenvalue weighted by atomic mass is 19.1. The first-order chi connectivity index (χ1) is 14.1. The van der Waals surface area contributed by atoms with E-state index in [0.717, 1.165) is 49.1 Å². The number of fused-ring (bicyclic) bond motifs is 2. The molecule has 2 aromatic carbocycles. The number of hydrogen-bond donors (Lipinski definition) is 1. The summed E-state index contributed by atoms with van der Waals surface area (Å²) in [7, 11) is 0. The highest BCUT2D eigenvalue weighted by Gasteiger charge is 2.28. The Balaban J connectivity index is 1.23. The molecule has 2 aliphatic rings. The first kappa shape index (κ1) is 18.2. The molecule has 5 rings (SSSR count). The van der Waals surface area contributed by atoms with Gasteiger partial charge >= 0.3 is 5.69 Å². The minimum Gasteiger partial charge on any atom is -0.486 e. The molecule has 6 nitrogen and oxygen atoms in total. The summed E-state index contributed by atoms with van der Waals surface area (Å²) < 4.78 is 26.9. The number of hydrogen-bond acceptors (Lipinski definition) is 4. The van der Waals surface area contributed by atoms with Gasteiger partial charge < -0.3 is 14.5 Å². The van der Waals surface area contributed by atoms with Crippen LogP contribution in [0.1, 0.15) is 24.4 Å². The summed E-state index contributed by atoms with van der Waals surface area (Å²) in [5.41, 5.74) is 2.99. The number of halogens is 1. The molecule has 0 radical (unpaired) electrons. The van der Waals surface area contributed by atoms with Crippen molar-refractivity contribution in [3.63, 3.8) is 0 Å². The summed E-state index contributed by atoms with van der Waals surface area (Å²) >= 11 is 0. The molecular weight excluding hydrogens is 373 g/mol. The van der Waals surface area contributed by atoms with Gasteiger partial charge in [0.05, 0.1) is 11.0 Å². The lowest BCUT2D eigenvalue weighted by Crippen LogP contribution is -2.45. The number of ether oxygens (including phenoxy) is 2. The standard InChI is InChI=1S/C22H24FN3O3/c1-14-2-4-19-18(10-14)24-22(27)26(19)16-6-8-25(9-7-16)12-17-13-28-21-11-15(23)3-5-20(21)29-17/h2-5,10-11,16-17H,6-9,12-13H2,1H3,(H,24,27). The van der Waals surface area contributed by atoms with Gasteiger partial charge in [0.25, 0.3) is 0 Å². The van der Waals surface area contributed by atoms with Crippen molar-refractivity contribution in [1.82, 2.24) is 14.5 Å². The van der Waals surface area contributed by atoms with E-state index in [1.807, 2.05) is 29.7 Å². The highest BCUT2D eigenvalue weighted by molar-refractivity contribution is 5.76. The van der Waals surface area contributed by atoms with Crippen LogP contribution in [0.25, 0.3) is 11.0 Å². The number of H-pyrrole nitrogens is 1. The molecule has 0 aliphatic carbocycles. The molecule has 7 heteroatoms. The summed E-state index contributed by atoms with van der Waals surface area (Å²) in [6.07, 6.45) is 1.75. The van der Waals surface area contributed by atoms with Gasteiger partial charge in [-0.15, -0.1) is 0 Å². The van der Waals surface area contributed by atoms with Crippen LogP contribution < -0.4 is 15.2 Å². The van der Waals surface area contributed by atoms with Crippen molar-refractivity contribution in [2.24, 2.45) is 0 Å². The van der Waals surface area contributed by atoms with Crippen LogP contribution in [0.4, 0.5) is 4.39 Å². The van der Waals surface area contributed by atoms with E-state index >= 15 is 0 Å². The quantitative estimate of drug-likeness (QED) is 0.737. The number of rotatable bonds is 3. The van der Waals surface area contributed by atoms with Crippen LogP contribution in [0.5, 0.6) is 11.5 Å². The fourth-order valence-electron chi connectivity index (χ4n) is 4.43. The number of aromatic amines is 1. The molecule has 0 amide bonds. The minimum atomic E-state index is -0.324. The van der Waals surface area contributed by atoms with Crippen LogP contribution in [0.2, 0.25) is 0 Å². The Labute approximate surface area is 167 Å². The van der Waals surface area contributed by atoms with E-state index in [-0.39, 0.29) is 23.7 Å². The topological polar surface area (TPSA) is 59.5 Å². The number of imidazole rings is 1. The molecule has 1 aromatic heterocycles. The monoisotopic (exact) mass is 397 g/mol. The first-order valence-electron chi connectivity index (χ1n) is 10.1. The second-order valence-electron chi connectivity index (χ2n) is 7.99. The van der Waals surface area contributed by atoms with Gasteiger partial charge in [0.15, 0.2) is 11.5 Å². The number of benzene rings is 2. The number of aryl methyl sites for hydroxylation is 1. The van der Waals surface area contributed by atoms with Crippen LogP contribution in [-0.4, -0.2) is 46.8 Å². The Morgan fingerprint density at radius 2 is 1.97 bits per heavy atom. The number of nitrogens with one attached hydrogen (secondary N) is 1. The van der Waals surface area contributed by atoms with E-state index in [1.54, 1.807) is 6.07 Å². The molecule has 1 fully saturated rings. The smallest absolute Gasteiger partial charge is 0.326 e. The third-order valence-corrected chi connectivity index (χ3v) is 5.88. The van der Waals surface area contributed by atoms with Gasteiger partial charge in [0, 0.05) is 31.7 Å². The van der Waals surface area contributed by atoms with Crippen LogP contribution in [0.3, 0.4) is 0 Å². The zero-order valence-corrected chi connectivity index (χ0v) is 16.4. The average molecular weight is 397 g/mol. The molecule has 3 heterocycles. The van der Waals surface area contributed by atoms with Gasteiger partial charge in [-0.05, 0) is 49.6 Å². The van der Waals surface area contributed by atoms with E-state index < -0.39 is 0 Å². The molecule has 3 aromatic rings. The predicted octanol–water partition coefficient (Wildman–Crippen LogP) is 3.25. The number of nitrogens with zero attached hydrogens (tertiary/aromatic N) is 2. The second kappa shape index (κ2) is 7.22. The van der Waals surface area contributed by atoms with Crippen LogP contribution >= 0.6 is 0 Å². The Bertz CT molecular complexity index is 1100.